The van der Waals surface area contributed by atoms with Gasteiger partial charge in [0.05, 0.1) is 23.6 Å². The number of allylic oxidation sites excluding steroid dienone is 5. The number of amides is 2. The number of nitrogens with two attached hydrogens (primary N) is 1. The number of aliphatic hydroxyl groups is 2. The Balaban J connectivity index is 1.10. The first kappa shape index (κ1) is 51.8. The SMILES string of the molecule is COC1/C=C\C=C(/C)C(=O)NC2=CC(=O)C(NCCCCCC#C[C@]3(O)CC[C@H]4[C@@H]5CCC6=CC(=O)CC[C@]6(C)[C@H]5CC[C@@]43C)=C(C[C@@H](C)C[C@H](OC)[C@H](O)[C@@H](C)/C=C(\C)[C@@H]1OC(N)=O)C2=O. The highest BCUT2D eigenvalue weighted by Gasteiger charge is 2.63. The van der Waals surface area contributed by atoms with Crippen molar-refractivity contribution in [3.8, 4) is 11.8 Å². The van der Waals surface area contributed by atoms with Crippen LogP contribution in [0.4, 0.5) is 4.79 Å². The molecule has 3 fully saturated rings. The van der Waals surface area contributed by atoms with Crippen LogP contribution in [0.25, 0.3) is 0 Å². The number of rotatable bonds is 9. The number of unbranched alkanes of at least 4 members (excludes halogenated alkanes) is 3. The molecule has 0 spiro atoms. The van der Waals surface area contributed by atoms with Crippen molar-refractivity contribution < 1.29 is 48.4 Å². The molecule has 2 amide bonds. The topological polar surface area (TPSA) is 204 Å². The summed E-state index contributed by atoms with van der Waals surface area (Å²) < 4.78 is 16.9. The first-order chi connectivity index (χ1) is 31.8. The summed E-state index contributed by atoms with van der Waals surface area (Å²) in [7, 11) is 2.95. The third kappa shape index (κ3) is 11.1. The minimum absolute atomic E-state index is 0.0921. The van der Waals surface area contributed by atoms with Crippen molar-refractivity contribution in [3.05, 3.63) is 70.1 Å². The monoisotopic (exact) mass is 926 g/mol. The molecule has 0 radical (unpaired) electrons. The molecule has 12 atom stereocenters. The molecule has 0 aromatic rings. The second-order valence-corrected chi connectivity index (χ2v) is 20.8. The fourth-order valence-corrected chi connectivity index (χ4v) is 12.5. The molecule has 1 unspecified atom stereocenters. The number of carbonyl (C=O) groups excluding carboxylic acids is 5. The number of carbonyl (C=O) groups is 5. The Bertz CT molecular complexity index is 2190. The van der Waals surface area contributed by atoms with Gasteiger partial charge >= 0.3 is 6.09 Å². The smallest absolute Gasteiger partial charge is 0.405 e. The van der Waals surface area contributed by atoms with Crippen molar-refractivity contribution >= 4 is 29.4 Å². The minimum Gasteiger partial charge on any atom is -0.439 e. The maximum Gasteiger partial charge on any atom is 0.405 e. The van der Waals surface area contributed by atoms with Crippen LogP contribution in [-0.2, 0) is 33.4 Å². The number of primary amides is 1. The first-order valence-electron chi connectivity index (χ1n) is 24.5. The Morgan fingerprint density at radius 3 is 2.43 bits per heavy atom. The average Bonchev–Trinajstić information content (AvgIpc) is 3.55. The van der Waals surface area contributed by atoms with Crippen LogP contribution in [0.3, 0.4) is 0 Å². The van der Waals surface area contributed by atoms with Crippen LogP contribution in [-0.4, -0.2) is 90.3 Å². The van der Waals surface area contributed by atoms with Gasteiger partial charge in [-0.3, -0.25) is 19.2 Å². The van der Waals surface area contributed by atoms with Gasteiger partial charge in [-0.25, -0.2) is 4.79 Å². The fourth-order valence-electron chi connectivity index (χ4n) is 12.5. The van der Waals surface area contributed by atoms with Crippen molar-refractivity contribution in [1.29, 1.82) is 0 Å². The Hall–Kier alpha value is -4.61. The number of Topliss-reactive ketones (excluding diaryl/α,β-unsaturated/α-hetero) is 1. The van der Waals surface area contributed by atoms with Crippen LogP contribution < -0.4 is 16.4 Å². The van der Waals surface area contributed by atoms with Crippen molar-refractivity contribution in [2.75, 3.05) is 20.8 Å². The quantitative estimate of drug-likeness (QED) is 0.0679. The summed E-state index contributed by atoms with van der Waals surface area (Å²) in [4.78, 5) is 65.5. The summed E-state index contributed by atoms with van der Waals surface area (Å²) in [6, 6.07) is 0. The van der Waals surface area contributed by atoms with Crippen LogP contribution in [0.5, 0.6) is 0 Å². The Morgan fingerprint density at radius 2 is 1.72 bits per heavy atom. The number of nitrogens with one attached hydrogen (secondary N) is 2. The summed E-state index contributed by atoms with van der Waals surface area (Å²) in [5.74, 6) is 6.35. The van der Waals surface area contributed by atoms with E-state index >= 15 is 0 Å². The average molecular weight is 926 g/mol. The summed E-state index contributed by atoms with van der Waals surface area (Å²) >= 11 is 0. The van der Waals surface area contributed by atoms with Gasteiger partial charge in [0.25, 0.3) is 5.91 Å². The summed E-state index contributed by atoms with van der Waals surface area (Å²) in [5, 5.41) is 29.5. The molecule has 13 heteroatoms. The highest BCUT2D eigenvalue weighted by Crippen LogP contribution is 2.67. The second kappa shape index (κ2) is 21.8. The van der Waals surface area contributed by atoms with E-state index < -0.39 is 59.5 Å². The number of hydrogen-bond donors (Lipinski definition) is 5. The molecular weight excluding hydrogens is 851 g/mol. The standard InChI is InChI=1S/C54H75N3O10/c1-32-27-39-46(56-26-13-11-9-10-12-22-54(64)25-21-41-38-18-17-36-30-37(58)19-23-52(36,5)40(38)20-24-53(41,54)6)43(59)31-42(48(39)61)57-50(62)33(2)15-14-16-44(65-7)49(67-51(55)63)35(4)29-34(3)47(60)45(28-32)66-8/h14-16,29-32,34,38,40-41,44-45,47,49,56,60,64H,9-11,13,17-21,23-28H2,1-8H3,(H2,55,63)(H,57,62)/b16-14-,33-15+,35-29+/t32-,34+,38-,40+,41+,44?,45+,47-,49+,52+,53+,54+/m1/s1. The van der Waals surface area contributed by atoms with E-state index in [9.17, 15) is 34.2 Å². The van der Waals surface area contributed by atoms with E-state index in [2.05, 4.69) is 36.3 Å². The minimum atomic E-state index is -1.02. The third-order valence-corrected chi connectivity index (χ3v) is 16.5. The Labute approximate surface area is 397 Å². The number of aliphatic hydroxyl groups excluding tert-OH is 1. The lowest BCUT2D eigenvalue weighted by atomic mass is 9.46. The predicted octanol–water partition coefficient (Wildman–Crippen LogP) is 7.18. The highest BCUT2D eigenvalue weighted by atomic mass is 16.6. The molecule has 2 bridgehead atoms. The first-order valence-corrected chi connectivity index (χ1v) is 24.5. The molecule has 3 saturated carbocycles. The molecular formula is C54H75N3O10. The van der Waals surface area contributed by atoms with E-state index in [1.165, 1.54) is 25.9 Å². The predicted molar refractivity (Wildman–Crippen MR) is 255 cm³/mol. The molecule has 1 heterocycles. The lowest BCUT2D eigenvalue weighted by Gasteiger charge is -2.58. The van der Waals surface area contributed by atoms with Gasteiger partial charge in [-0.05, 0) is 125 Å². The molecule has 366 valence electrons. The number of hydrogen-bond acceptors (Lipinski definition) is 11. The van der Waals surface area contributed by atoms with Crippen molar-refractivity contribution in [3.63, 3.8) is 0 Å². The maximum atomic E-state index is 14.2. The molecule has 1 aliphatic heterocycles. The Kier molecular flexibility index (Phi) is 16.8. The largest absolute Gasteiger partial charge is 0.439 e. The molecule has 0 aromatic carbocycles. The van der Waals surface area contributed by atoms with Crippen LogP contribution >= 0.6 is 0 Å². The van der Waals surface area contributed by atoms with Gasteiger partial charge < -0.3 is 40.8 Å². The number of methoxy groups -OCH3 is 2. The second-order valence-electron chi connectivity index (χ2n) is 20.8. The van der Waals surface area contributed by atoms with Crippen LogP contribution in [0, 0.1) is 52.3 Å². The van der Waals surface area contributed by atoms with Gasteiger partial charge in [0.15, 0.2) is 11.9 Å². The van der Waals surface area contributed by atoms with Crippen molar-refractivity contribution in [2.45, 2.75) is 161 Å². The van der Waals surface area contributed by atoms with E-state index in [4.69, 9.17) is 19.9 Å². The zero-order valence-electron chi connectivity index (χ0n) is 41.0. The lowest BCUT2D eigenvalue weighted by molar-refractivity contribution is -0.120. The highest BCUT2D eigenvalue weighted by molar-refractivity contribution is 6.23. The third-order valence-electron chi connectivity index (χ3n) is 16.5. The molecule has 6 rings (SSSR count). The number of ketones is 3. The summed E-state index contributed by atoms with van der Waals surface area (Å²) in [6.07, 6.45) is 16.0. The normalized spacial score (nSPS) is 38.3. The Morgan fingerprint density at radius 1 is 0.970 bits per heavy atom. The van der Waals surface area contributed by atoms with E-state index in [0.717, 1.165) is 57.4 Å². The summed E-state index contributed by atoms with van der Waals surface area (Å²) in [6.45, 7) is 12.1. The molecule has 6 aliphatic rings. The van der Waals surface area contributed by atoms with E-state index in [1.54, 1.807) is 32.1 Å². The molecule has 0 saturated heterocycles. The van der Waals surface area contributed by atoms with Gasteiger partial charge in [-0.1, -0.05) is 69.9 Å². The number of fused-ring (bicyclic) bond motifs is 7. The van der Waals surface area contributed by atoms with Crippen LogP contribution in [0.1, 0.15) is 131 Å². The van der Waals surface area contributed by atoms with Crippen molar-refractivity contribution in [2.24, 2.45) is 46.2 Å². The zero-order valence-corrected chi connectivity index (χ0v) is 41.0. The molecule has 13 nitrogen and oxygen atoms in total. The summed E-state index contributed by atoms with van der Waals surface area (Å²) in [5.41, 5.74) is 6.74. The number of ether oxygens (including phenoxy) is 3. The zero-order chi connectivity index (χ0) is 48.8. The lowest BCUT2D eigenvalue weighted by Crippen LogP contribution is -2.54. The van der Waals surface area contributed by atoms with Crippen LogP contribution in [0.2, 0.25) is 0 Å². The molecule has 0 aromatic heterocycles. The maximum absolute atomic E-state index is 14.2. The van der Waals surface area contributed by atoms with Crippen molar-refractivity contribution in [1.82, 2.24) is 10.6 Å². The molecule has 5 aliphatic carbocycles. The van der Waals surface area contributed by atoms with Gasteiger partial charge in [0.1, 0.15) is 11.7 Å². The van der Waals surface area contributed by atoms with Gasteiger partial charge in [-0.15, -0.1) is 5.92 Å². The van der Waals surface area contributed by atoms with Gasteiger partial charge in [0, 0.05) is 62.2 Å². The van der Waals surface area contributed by atoms with E-state index in [1.807, 2.05) is 19.9 Å². The van der Waals surface area contributed by atoms with Gasteiger partial charge in [-0.2, -0.15) is 0 Å². The molecule has 6 N–H and O–H groups in total. The van der Waals surface area contributed by atoms with Gasteiger partial charge in [0.2, 0.25) is 11.6 Å². The van der Waals surface area contributed by atoms with E-state index in [-0.39, 0.29) is 51.5 Å². The molecule has 67 heavy (non-hydrogen) atoms. The fraction of sp³-hybridized carbons (Fsp3) is 0.648. The van der Waals surface area contributed by atoms with E-state index in [0.29, 0.717) is 62.0 Å². The van der Waals surface area contributed by atoms with Crippen LogP contribution in [0.15, 0.2) is 70.1 Å².